The summed E-state index contributed by atoms with van der Waals surface area (Å²) in [6.07, 6.45) is 3.15. The number of nitrogens with zero attached hydrogens (tertiary/aromatic N) is 3. The molecule has 2 unspecified atom stereocenters. The Hall–Kier alpha value is -2.66. The molecule has 0 radical (unpaired) electrons. The summed E-state index contributed by atoms with van der Waals surface area (Å²) in [5.41, 5.74) is 9.76. The molecule has 27 heavy (non-hydrogen) atoms. The fourth-order valence-corrected chi connectivity index (χ4v) is 4.16. The molecule has 2 aromatic carbocycles. The summed E-state index contributed by atoms with van der Waals surface area (Å²) in [7, 11) is 0. The highest BCUT2D eigenvalue weighted by atomic mass is 16.2. The van der Waals surface area contributed by atoms with E-state index in [4.69, 9.17) is 10.7 Å². The molecule has 2 heterocycles. The van der Waals surface area contributed by atoms with Gasteiger partial charge in [-0.3, -0.25) is 9.36 Å². The number of likely N-dealkylation sites (tertiary alicyclic amines) is 1. The number of rotatable bonds is 3. The molecule has 0 spiro atoms. The third kappa shape index (κ3) is 3.23. The summed E-state index contributed by atoms with van der Waals surface area (Å²) >= 11 is 0. The monoisotopic (exact) mass is 362 g/mol. The van der Waals surface area contributed by atoms with Crippen LogP contribution in [0.5, 0.6) is 0 Å². The van der Waals surface area contributed by atoms with Gasteiger partial charge in [0.05, 0.1) is 11.0 Å². The predicted octanol–water partition coefficient (Wildman–Crippen LogP) is 3.68. The summed E-state index contributed by atoms with van der Waals surface area (Å²) in [5.74, 6) is 0.970. The normalized spacial score (nSPS) is 18.6. The Balaban J connectivity index is 1.71. The molecule has 2 atom stereocenters. The molecule has 0 saturated carbocycles. The second kappa shape index (κ2) is 7.16. The van der Waals surface area contributed by atoms with Gasteiger partial charge in [-0.2, -0.15) is 0 Å². The maximum Gasteiger partial charge on any atom is 0.254 e. The molecular formula is C22H26N4O. The Morgan fingerprint density at radius 3 is 2.70 bits per heavy atom. The maximum atomic E-state index is 13.2. The third-order valence-electron chi connectivity index (χ3n) is 5.50. The van der Waals surface area contributed by atoms with Gasteiger partial charge in [0.25, 0.3) is 5.91 Å². The van der Waals surface area contributed by atoms with Crippen LogP contribution in [-0.4, -0.2) is 39.0 Å². The molecule has 4 rings (SSSR count). The van der Waals surface area contributed by atoms with E-state index in [1.165, 1.54) is 0 Å². The SMILES string of the molecule is Cc1nc2cc(C(=O)N3CCCCC3C(C)N)ccc2n1-c1ccccc1. The van der Waals surface area contributed by atoms with Gasteiger partial charge in [-0.25, -0.2) is 4.98 Å². The summed E-state index contributed by atoms with van der Waals surface area (Å²) in [4.78, 5) is 19.8. The first-order chi connectivity index (χ1) is 13.1. The van der Waals surface area contributed by atoms with Crippen LogP contribution in [0.3, 0.4) is 0 Å². The van der Waals surface area contributed by atoms with E-state index in [1.807, 2.05) is 55.1 Å². The van der Waals surface area contributed by atoms with Crippen LogP contribution in [0.2, 0.25) is 0 Å². The van der Waals surface area contributed by atoms with Crippen LogP contribution < -0.4 is 5.73 Å². The number of amides is 1. The number of hydrogen-bond donors (Lipinski definition) is 1. The number of aromatic nitrogens is 2. The first-order valence-electron chi connectivity index (χ1n) is 9.67. The van der Waals surface area contributed by atoms with Crippen LogP contribution in [0.4, 0.5) is 0 Å². The zero-order chi connectivity index (χ0) is 19.0. The van der Waals surface area contributed by atoms with Crippen molar-refractivity contribution in [1.29, 1.82) is 0 Å². The Bertz CT molecular complexity index is 961. The standard InChI is InChI=1S/C22H26N4O/c1-15(23)20-10-6-7-13-25(20)22(27)17-11-12-21-19(14-17)24-16(2)26(21)18-8-4-3-5-9-18/h3-5,8-9,11-12,14-15,20H,6-7,10,13,23H2,1-2H3. The fraction of sp³-hybridized carbons (Fsp3) is 0.364. The lowest BCUT2D eigenvalue weighted by molar-refractivity contribution is 0.0584. The molecule has 5 nitrogen and oxygen atoms in total. The molecular weight excluding hydrogens is 336 g/mol. The van der Waals surface area contributed by atoms with E-state index in [0.29, 0.717) is 5.56 Å². The number of aryl methyl sites for hydroxylation is 1. The second-order valence-corrected chi connectivity index (χ2v) is 7.45. The average Bonchev–Trinajstić information content (AvgIpc) is 3.02. The zero-order valence-corrected chi connectivity index (χ0v) is 15.9. The zero-order valence-electron chi connectivity index (χ0n) is 15.9. The number of imidazole rings is 1. The minimum atomic E-state index is -0.0162. The van der Waals surface area contributed by atoms with Crippen LogP contribution in [0.1, 0.15) is 42.4 Å². The highest BCUT2D eigenvalue weighted by Gasteiger charge is 2.30. The number of hydrogen-bond acceptors (Lipinski definition) is 3. The molecule has 1 fully saturated rings. The van der Waals surface area contributed by atoms with Gasteiger partial charge in [0.1, 0.15) is 5.82 Å². The summed E-state index contributed by atoms with van der Waals surface area (Å²) < 4.78 is 2.12. The number of nitrogens with two attached hydrogens (primary N) is 1. The molecule has 140 valence electrons. The van der Waals surface area contributed by atoms with Crippen LogP contribution >= 0.6 is 0 Å². The first-order valence-corrected chi connectivity index (χ1v) is 9.67. The minimum absolute atomic E-state index is 0.0162. The molecule has 3 aromatic rings. The lowest BCUT2D eigenvalue weighted by atomic mass is 9.96. The molecule has 1 amide bonds. The van der Waals surface area contributed by atoms with Crippen LogP contribution in [0.25, 0.3) is 16.7 Å². The molecule has 1 saturated heterocycles. The van der Waals surface area contributed by atoms with Gasteiger partial charge in [-0.15, -0.1) is 0 Å². The van der Waals surface area contributed by atoms with E-state index in [9.17, 15) is 4.79 Å². The van der Waals surface area contributed by atoms with Gasteiger partial charge in [-0.05, 0) is 63.4 Å². The van der Waals surface area contributed by atoms with Crippen LogP contribution in [0.15, 0.2) is 48.5 Å². The average molecular weight is 362 g/mol. The molecule has 0 aliphatic carbocycles. The Kier molecular flexibility index (Phi) is 4.70. The van der Waals surface area contributed by atoms with Crippen molar-refractivity contribution in [3.63, 3.8) is 0 Å². The van der Waals surface area contributed by atoms with Crippen LogP contribution in [0, 0.1) is 6.92 Å². The third-order valence-corrected chi connectivity index (χ3v) is 5.50. The minimum Gasteiger partial charge on any atom is -0.334 e. The van der Waals surface area contributed by atoms with Crippen molar-refractivity contribution in [2.45, 2.75) is 45.2 Å². The van der Waals surface area contributed by atoms with Crippen molar-refractivity contribution in [2.75, 3.05) is 6.54 Å². The van der Waals surface area contributed by atoms with Crippen molar-refractivity contribution >= 4 is 16.9 Å². The van der Waals surface area contributed by atoms with E-state index in [0.717, 1.165) is 48.4 Å². The van der Waals surface area contributed by atoms with Gasteiger partial charge in [0.15, 0.2) is 0 Å². The molecule has 2 N–H and O–H groups in total. The number of fused-ring (bicyclic) bond motifs is 1. The van der Waals surface area contributed by atoms with Gasteiger partial charge in [0.2, 0.25) is 0 Å². The topological polar surface area (TPSA) is 64.2 Å². The summed E-state index contributed by atoms with van der Waals surface area (Å²) in [6.45, 7) is 4.76. The van der Waals surface area contributed by atoms with Crippen molar-refractivity contribution in [3.05, 3.63) is 59.9 Å². The fourth-order valence-electron chi connectivity index (χ4n) is 4.16. The van der Waals surface area contributed by atoms with Gasteiger partial charge < -0.3 is 10.6 Å². The highest BCUT2D eigenvalue weighted by molar-refractivity contribution is 5.98. The number of carbonyl (C=O) groups is 1. The van der Waals surface area contributed by atoms with Crippen molar-refractivity contribution < 1.29 is 4.79 Å². The molecule has 5 heteroatoms. The van der Waals surface area contributed by atoms with Gasteiger partial charge in [0, 0.05) is 29.9 Å². The molecule has 1 aromatic heterocycles. The maximum absolute atomic E-state index is 13.2. The van der Waals surface area contributed by atoms with E-state index in [1.54, 1.807) is 0 Å². The second-order valence-electron chi connectivity index (χ2n) is 7.45. The lowest BCUT2D eigenvalue weighted by Crippen LogP contribution is -2.51. The molecule has 0 bridgehead atoms. The van der Waals surface area contributed by atoms with E-state index >= 15 is 0 Å². The van der Waals surface area contributed by atoms with Crippen molar-refractivity contribution in [3.8, 4) is 5.69 Å². The van der Waals surface area contributed by atoms with Crippen molar-refractivity contribution in [2.24, 2.45) is 5.73 Å². The highest BCUT2D eigenvalue weighted by Crippen LogP contribution is 2.25. The van der Waals surface area contributed by atoms with E-state index < -0.39 is 0 Å². The lowest BCUT2D eigenvalue weighted by Gasteiger charge is -2.38. The first kappa shape index (κ1) is 17.7. The Morgan fingerprint density at radius 1 is 1.19 bits per heavy atom. The smallest absolute Gasteiger partial charge is 0.254 e. The number of carbonyl (C=O) groups excluding carboxylic acids is 1. The Morgan fingerprint density at radius 2 is 1.96 bits per heavy atom. The number of para-hydroxylation sites is 1. The van der Waals surface area contributed by atoms with Gasteiger partial charge in [-0.1, -0.05) is 18.2 Å². The largest absolute Gasteiger partial charge is 0.334 e. The van der Waals surface area contributed by atoms with Gasteiger partial charge >= 0.3 is 0 Å². The summed E-state index contributed by atoms with van der Waals surface area (Å²) in [5, 5.41) is 0. The summed E-state index contributed by atoms with van der Waals surface area (Å²) in [6, 6.07) is 16.1. The molecule has 1 aliphatic heterocycles. The number of piperidine rings is 1. The van der Waals surface area contributed by atoms with E-state index in [2.05, 4.69) is 16.7 Å². The van der Waals surface area contributed by atoms with Crippen LogP contribution in [-0.2, 0) is 0 Å². The predicted molar refractivity (Wildman–Crippen MR) is 108 cm³/mol. The van der Waals surface area contributed by atoms with Crippen molar-refractivity contribution in [1.82, 2.24) is 14.5 Å². The quantitative estimate of drug-likeness (QED) is 0.773. The number of benzene rings is 2. The molecule has 1 aliphatic rings. The Labute approximate surface area is 159 Å². The van der Waals surface area contributed by atoms with E-state index in [-0.39, 0.29) is 18.0 Å².